The molecule has 0 aliphatic carbocycles. The van der Waals surface area contributed by atoms with E-state index in [1.807, 2.05) is 75.6 Å². The molecule has 0 unspecified atom stereocenters. The first-order chi connectivity index (χ1) is 20.0. The van der Waals surface area contributed by atoms with Gasteiger partial charge in [-0.2, -0.15) is 0 Å². The summed E-state index contributed by atoms with van der Waals surface area (Å²) in [5, 5.41) is 0.794. The molecule has 0 fully saturated rings. The average molecular weight is 604 g/mol. The van der Waals surface area contributed by atoms with Gasteiger partial charge in [0.1, 0.15) is 5.00 Å². The zero-order chi connectivity index (χ0) is 30.5. The van der Waals surface area contributed by atoms with Crippen LogP contribution in [0.3, 0.4) is 0 Å². The van der Waals surface area contributed by atoms with Gasteiger partial charge in [-0.1, -0.05) is 41.2 Å². The van der Waals surface area contributed by atoms with E-state index < -0.39 is 12.0 Å². The highest BCUT2D eigenvalue weighted by molar-refractivity contribution is 7.15. The van der Waals surface area contributed by atoms with Crippen molar-refractivity contribution in [3.8, 4) is 5.00 Å². The second kappa shape index (κ2) is 11.3. The van der Waals surface area contributed by atoms with E-state index in [1.54, 1.807) is 18.4 Å². The summed E-state index contributed by atoms with van der Waals surface area (Å²) in [4.78, 5) is 46.1. The van der Waals surface area contributed by atoms with E-state index in [0.717, 1.165) is 43.5 Å². The van der Waals surface area contributed by atoms with Crippen LogP contribution in [0.15, 0.2) is 51.4 Å². The van der Waals surface area contributed by atoms with E-state index in [9.17, 15) is 14.4 Å². The molecule has 1 aliphatic heterocycles. The quantitative estimate of drug-likeness (QED) is 0.290. The summed E-state index contributed by atoms with van der Waals surface area (Å²) in [5.74, 6) is -0.858. The third-order valence-electron chi connectivity index (χ3n) is 7.63. The number of nitrogens with zero attached hydrogens (tertiary/aromatic N) is 3. The number of hydrogen-bond acceptors (Lipinski definition) is 8. The van der Waals surface area contributed by atoms with Crippen LogP contribution in [0, 0.1) is 34.6 Å². The molecule has 8 nitrogen and oxygen atoms in total. The second-order valence-electron chi connectivity index (χ2n) is 10.3. The van der Waals surface area contributed by atoms with E-state index in [2.05, 4.69) is 4.99 Å². The summed E-state index contributed by atoms with van der Waals surface area (Å²) in [6, 6.07) is 9.16. The predicted molar refractivity (Wildman–Crippen MR) is 166 cm³/mol. The Kier molecular flexibility index (Phi) is 7.96. The standard InChI is InChI=1S/C32H33N3O5S2/c1-9-40-31(38)26-19(5)33-32-35(27(26)22-12-10-16(2)11-13-22)28(36)24(42-32)15-23-14-17(3)34(20(23)6)29-25(30(37)39-8)18(4)21(7)41-29/h10-15,27H,9H2,1-8H3/b24-15-/t27-/m0/s1. The molecule has 10 heteroatoms. The van der Waals surface area contributed by atoms with Crippen LogP contribution in [0.4, 0.5) is 0 Å². The number of allylic oxidation sites excluding steroid dienone is 1. The number of thiophene rings is 1. The molecular formula is C32H33N3O5S2. The van der Waals surface area contributed by atoms with Crippen molar-refractivity contribution in [2.75, 3.05) is 13.7 Å². The van der Waals surface area contributed by atoms with Crippen molar-refractivity contribution in [2.24, 2.45) is 4.99 Å². The van der Waals surface area contributed by atoms with E-state index in [1.165, 1.54) is 29.8 Å². The van der Waals surface area contributed by atoms with Gasteiger partial charge in [0.15, 0.2) is 4.80 Å². The molecule has 0 bridgehead atoms. The maximum atomic E-state index is 14.0. The zero-order valence-electron chi connectivity index (χ0n) is 24.9. The van der Waals surface area contributed by atoms with Gasteiger partial charge in [0.2, 0.25) is 0 Å². The van der Waals surface area contributed by atoms with Crippen molar-refractivity contribution < 1.29 is 19.1 Å². The van der Waals surface area contributed by atoms with Crippen molar-refractivity contribution in [3.05, 3.63) is 105 Å². The number of aryl methyl sites for hydroxylation is 3. The highest BCUT2D eigenvalue weighted by atomic mass is 32.1. The maximum absolute atomic E-state index is 14.0. The van der Waals surface area contributed by atoms with Crippen LogP contribution in [0.1, 0.15) is 68.8 Å². The molecular weight excluding hydrogens is 571 g/mol. The van der Waals surface area contributed by atoms with Crippen LogP contribution in [0.25, 0.3) is 11.1 Å². The molecule has 4 aromatic rings. The lowest BCUT2D eigenvalue weighted by molar-refractivity contribution is -0.139. The van der Waals surface area contributed by atoms with Gasteiger partial charge in [0, 0.05) is 16.3 Å². The van der Waals surface area contributed by atoms with Gasteiger partial charge in [0.25, 0.3) is 5.56 Å². The Bertz CT molecular complexity index is 1950. The number of carbonyl (C=O) groups excluding carboxylic acids is 2. The van der Waals surface area contributed by atoms with Crippen molar-refractivity contribution in [1.82, 2.24) is 9.13 Å². The highest BCUT2D eigenvalue weighted by Crippen LogP contribution is 2.35. The molecule has 1 aliphatic rings. The molecule has 42 heavy (non-hydrogen) atoms. The number of aromatic nitrogens is 2. The van der Waals surface area contributed by atoms with Gasteiger partial charge in [-0.25, -0.2) is 14.6 Å². The van der Waals surface area contributed by atoms with Gasteiger partial charge >= 0.3 is 11.9 Å². The normalized spacial score (nSPS) is 15.0. The fourth-order valence-corrected chi connectivity index (χ4v) is 7.65. The fourth-order valence-electron chi connectivity index (χ4n) is 5.35. The molecule has 1 atom stereocenters. The minimum Gasteiger partial charge on any atom is -0.465 e. The first kappa shape index (κ1) is 29.5. The van der Waals surface area contributed by atoms with Gasteiger partial charge in [-0.05, 0) is 77.3 Å². The minimum atomic E-state index is -0.657. The Hall–Kier alpha value is -4.02. The van der Waals surface area contributed by atoms with E-state index in [4.69, 9.17) is 9.47 Å². The zero-order valence-corrected chi connectivity index (χ0v) is 26.6. The Morgan fingerprint density at radius 3 is 2.36 bits per heavy atom. The van der Waals surface area contributed by atoms with Crippen LogP contribution in [-0.4, -0.2) is 34.8 Å². The Labute approximate surface area is 251 Å². The smallest absolute Gasteiger partial charge is 0.341 e. The van der Waals surface area contributed by atoms with Gasteiger partial charge in [-0.3, -0.25) is 9.36 Å². The number of carbonyl (C=O) groups is 2. The van der Waals surface area contributed by atoms with Crippen LogP contribution in [-0.2, 0) is 14.3 Å². The lowest BCUT2D eigenvalue weighted by atomic mass is 9.95. The second-order valence-corrected chi connectivity index (χ2v) is 12.5. The Morgan fingerprint density at radius 1 is 1.02 bits per heavy atom. The number of fused-ring (bicyclic) bond motifs is 1. The largest absolute Gasteiger partial charge is 0.465 e. The average Bonchev–Trinajstić information content (AvgIpc) is 3.52. The van der Waals surface area contributed by atoms with Crippen molar-refractivity contribution in [2.45, 2.75) is 54.5 Å². The van der Waals surface area contributed by atoms with Gasteiger partial charge in [-0.15, -0.1) is 11.3 Å². The summed E-state index contributed by atoms with van der Waals surface area (Å²) in [6.45, 7) is 13.6. The van der Waals surface area contributed by atoms with Gasteiger partial charge in [0.05, 0.1) is 41.1 Å². The van der Waals surface area contributed by atoms with Crippen molar-refractivity contribution in [3.63, 3.8) is 0 Å². The molecule has 3 aromatic heterocycles. The SMILES string of the molecule is CCOC(=O)C1=C(C)N=c2s/c(=C\c3cc(C)n(-c4sc(C)c(C)c4C(=O)OC)c3C)c(=O)n2[C@H]1c1ccc(C)cc1. The van der Waals surface area contributed by atoms with Crippen LogP contribution < -0.4 is 14.9 Å². The first-order valence-corrected chi connectivity index (χ1v) is 15.3. The predicted octanol–water partition coefficient (Wildman–Crippen LogP) is 4.98. The number of thiazole rings is 1. The maximum Gasteiger partial charge on any atom is 0.341 e. The molecule has 0 saturated carbocycles. The fraction of sp³-hybridized carbons (Fsp3) is 0.312. The van der Waals surface area contributed by atoms with Crippen LogP contribution in [0.5, 0.6) is 0 Å². The first-order valence-electron chi connectivity index (χ1n) is 13.6. The topological polar surface area (TPSA) is 91.9 Å². The number of methoxy groups -OCH3 is 1. The van der Waals surface area contributed by atoms with Gasteiger partial charge < -0.3 is 14.0 Å². The molecule has 5 rings (SSSR count). The Balaban J connectivity index is 1.70. The summed E-state index contributed by atoms with van der Waals surface area (Å²) in [6.07, 6.45) is 1.86. The van der Waals surface area contributed by atoms with E-state index in [0.29, 0.717) is 26.2 Å². The summed E-state index contributed by atoms with van der Waals surface area (Å²) < 4.78 is 14.6. The summed E-state index contributed by atoms with van der Waals surface area (Å²) in [7, 11) is 1.39. The molecule has 0 saturated heterocycles. The number of rotatable bonds is 6. The van der Waals surface area contributed by atoms with E-state index in [-0.39, 0.29) is 18.1 Å². The molecule has 4 heterocycles. The molecule has 0 spiro atoms. The van der Waals surface area contributed by atoms with Crippen molar-refractivity contribution in [1.29, 1.82) is 0 Å². The van der Waals surface area contributed by atoms with Crippen molar-refractivity contribution >= 4 is 40.7 Å². The molecule has 1 aromatic carbocycles. The third kappa shape index (κ3) is 4.88. The number of hydrogen-bond donors (Lipinski definition) is 0. The molecule has 0 radical (unpaired) electrons. The summed E-state index contributed by atoms with van der Waals surface area (Å²) in [5.41, 5.74) is 6.65. The third-order valence-corrected chi connectivity index (χ3v) is 9.80. The molecule has 0 amide bonds. The molecule has 0 N–H and O–H groups in total. The highest BCUT2D eigenvalue weighted by Gasteiger charge is 2.33. The Morgan fingerprint density at radius 2 is 1.71 bits per heavy atom. The number of benzene rings is 1. The van der Waals surface area contributed by atoms with Crippen LogP contribution in [0.2, 0.25) is 0 Å². The minimum absolute atomic E-state index is 0.219. The lowest BCUT2D eigenvalue weighted by Crippen LogP contribution is -2.39. The van der Waals surface area contributed by atoms with Crippen LogP contribution >= 0.6 is 22.7 Å². The number of ether oxygens (including phenoxy) is 2. The molecule has 218 valence electrons. The number of esters is 2. The lowest BCUT2D eigenvalue weighted by Gasteiger charge is -2.24. The summed E-state index contributed by atoms with van der Waals surface area (Å²) >= 11 is 2.83. The van der Waals surface area contributed by atoms with E-state index >= 15 is 0 Å². The monoisotopic (exact) mass is 603 g/mol.